The molecule has 0 spiro atoms. The molecule has 1 aliphatic rings. The number of benzene rings is 1. The van der Waals surface area contributed by atoms with E-state index in [-0.39, 0.29) is 29.4 Å². The van der Waals surface area contributed by atoms with Crippen LogP contribution in [0.15, 0.2) is 47.8 Å². The van der Waals surface area contributed by atoms with Crippen molar-refractivity contribution in [3.63, 3.8) is 0 Å². The van der Waals surface area contributed by atoms with E-state index >= 15 is 0 Å². The Morgan fingerprint density at radius 3 is 2.75 bits per heavy atom. The predicted molar refractivity (Wildman–Crippen MR) is 123 cm³/mol. The van der Waals surface area contributed by atoms with Crippen molar-refractivity contribution in [2.24, 2.45) is 5.92 Å². The van der Waals surface area contributed by atoms with Crippen LogP contribution in [0.2, 0.25) is 0 Å². The number of nitrogens with zero attached hydrogens (tertiary/aromatic N) is 3. The van der Waals surface area contributed by atoms with Crippen LogP contribution in [0, 0.1) is 11.7 Å². The molecule has 1 amide bonds. The predicted octanol–water partition coefficient (Wildman–Crippen LogP) is 4.47. The third-order valence-corrected chi connectivity index (χ3v) is 6.08. The summed E-state index contributed by atoms with van der Waals surface area (Å²) < 4.78 is 18.2. The number of carbonyl (C=O) groups excluding carboxylic acids is 2. The molecule has 8 heteroatoms. The smallest absolute Gasteiger partial charge is 0.316 e. The van der Waals surface area contributed by atoms with Crippen molar-refractivity contribution < 1.29 is 18.7 Å². The van der Waals surface area contributed by atoms with E-state index in [4.69, 9.17) is 9.72 Å². The highest BCUT2D eigenvalue weighted by molar-refractivity contribution is 7.99. The molecule has 1 fully saturated rings. The number of esters is 1. The Balaban J connectivity index is 1.90. The van der Waals surface area contributed by atoms with Gasteiger partial charge in [-0.1, -0.05) is 43.8 Å². The molecular weight excluding hydrogens is 429 g/mol. The number of allylic oxidation sites excluding steroid dienone is 1. The number of ether oxygens (including phenoxy) is 1. The molecule has 0 bridgehead atoms. The van der Waals surface area contributed by atoms with Crippen molar-refractivity contribution in [3.8, 4) is 11.1 Å². The SMILES string of the molecule is COC(=O)CSc1ncc(-c2ccc(F)cc2)c(C2CCCN(C(=O)/C=C/C(C)C)C2)n1. The maximum Gasteiger partial charge on any atom is 0.316 e. The topological polar surface area (TPSA) is 72.4 Å². The molecular formula is C24H28FN3O3S. The summed E-state index contributed by atoms with van der Waals surface area (Å²) in [5.74, 6) is -0.231. The zero-order valence-electron chi connectivity index (χ0n) is 18.6. The summed E-state index contributed by atoms with van der Waals surface area (Å²) in [5.41, 5.74) is 2.43. The Bertz CT molecular complexity index is 979. The molecule has 3 rings (SSSR count). The van der Waals surface area contributed by atoms with E-state index in [1.165, 1.54) is 31.0 Å². The summed E-state index contributed by atoms with van der Waals surface area (Å²) in [6.45, 7) is 5.32. The molecule has 1 aromatic carbocycles. The lowest BCUT2D eigenvalue weighted by Crippen LogP contribution is -2.38. The fraction of sp³-hybridized carbons (Fsp3) is 0.417. The van der Waals surface area contributed by atoms with Crippen LogP contribution in [0.1, 0.15) is 38.3 Å². The third kappa shape index (κ3) is 6.38. The van der Waals surface area contributed by atoms with Gasteiger partial charge in [-0.15, -0.1) is 0 Å². The highest BCUT2D eigenvalue weighted by Gasteiger charge is 2.27. The summed E-state index contributed by atoms with van der Waals surface area (Å²) in [6, 6.07) is 6.23. The molecule has 32 heavy (non-hydrogen) atoms. The first-order valence-electron chi connectivity index (χ1n) is 10.7. The Kier molecular flexibility index (Phi) is 8.39. The number of methoxy groups -OCH3 is 1. The molecule has 2 heterocycles. The van der Waals surface area contributed by atoms with E-state index in [1.807, 2.05) is 24.8 Å². The Hall–Kier alpha value is -2.74. The van der Waals surface area contributed by atoms with Gasteiger partial charge >= 0.3 is 5.97 Å². The first kappa shape index (κ1) is 23.9. The molecule has 0 radical (unpaired) electrons. The molecule has 1 unspecified atom stereocenters. The van der Waals surface area contributed by atoms with Crippen molar-refractivity contribution in [1.82, 2.24) is 14.9 Å². The van der Waals surface area contributed by atoms with Crippen molar-refractivity contribution in [2.75, 3.05) is 26.0 Å². The lowest BCUT2D eigenvalue weighted by Gasteiger charge is -2.32. The molecule has 0 aliphatic carbocycles. The molecule has 0 N–H and O–H groups in total. The number of thioether (sulfide) groups is 1. The average Bonchev–Trinajstić information content (AvgIpc) is 2.81. The van der Waals surface area contributed by atoms with Crippen molar-refractivity contribution in [1.29, 1.82) is 0 Å². The second-order valence-corrected chi connectivity index (χ2v) is 8.99. The maximum absolute atomic E-state index is 13.5. The van der Waals surface area contributed by atoms with Gasteiger partial charge in [0.15, 0.2) is 5.16 Å². The van der Waals surface area contributed by atoms with Crippen LogP contribution < -0.4 is 0 Å². The molecule has 0 saturated carbocycles. The molecule has 6 nitrogen and oxygen atoms in total. The van der Waals surface area contributed by atoms with E-state index in [2.05, 4.69) is 4.98 Å². The minimum Gasteiger partial charge on any atom is -0.468 e. The van der Waals surface area contributed by atoms with E-state index in [1.54, 1.807) is 24.4 Å². The highest BCUT2D eigenvalue weighted by atomic mass is 32.2. The van der Waals surface area contributed by atoms with Gasteiger partial charge in [0.1, 0.15) is 5.82 Å². The van der Waals surface area contributed by atoms with E-state index < -0.39 is 0 Å². The molecule has 1 aromatic heterocycles. The molecule has 1 saturated heterocycles. The Labute approximate surface area is 192 Å². The first-order chi connectivity index (χ1) is 15.4. The molecule has 1 aliphatic heterocycles. The van der Waals surface area contributed by atoms with E-state index in [9.17, 15) is 14.0 Å². The average molecular weight is 458 g/mol. The van der Waals surface area contributed by atoms with Crippen LogP contribution >= 0.6 is 11.8 Å². The van der Waals surface area contributed by atoms with Gasteiger partial charge in [-0.25, -0.2) is 14.4 Å². The van der Waals surface area contributed by atoms with Crippen LogP contribution in [0.25, 0.3) is 11.1 Å². The van der Waals surface area contributed by atoms with Gasteiger partial charge in [-0.3, -0.25) is 9.59 Å². The summed E-state index contributed by atoms with van der Waals surface area (Å²) in [7, 11) is 1.34. The summed E-state index contributed by atoms with van der Waals surface area (Å²) in [4.78, 5) is 35.2. The van der Waals surface area contributed by atoms with Crippen molar-refractivity contribution in [3.05, 3.63) is 54.1 Å². The van der Waals surface area contributed by atoms with Crippen molar-refractivity contribution >= 4 is 23.6 Å². The maximum atomic E-state index is 13.5. The van der Waals surface area contributed by atoms with Gasteiger partial charge in [0, 0.05) is 30.8 Å². The number of hydrogen-bond donors (Lipinski definition) is 0. The number of hydrogen-bond acceptors (Lipinski definition) is 6. The van der Waals surface area contributed by atoms with Gasteiger partial charge in [-0.2, -0.15) is 0 Å². The van der Waals surface area contributed by atoms with E-state index in [0.29, 0.717) is 24.2 Å². The minimum absolute atomic E-state index is 0.000998. The lowest BCUT2D eigenvalue weighted by molar-refractivity contribution is -0.137. The fourth-order valence-electron chi connectivity index (χ4n) is 3.57. The molecule has 1 atom stereocenters. The number of piperidine rings is 1. The largest absolute Gasteiger partial charge is 0.468 e. The summed E-state index contributed by atoms with van der Waals surface area (Å²) in [5, 5.41) is 0.472. The minimum atomic E-state index is -0.353. The molecule has 170 valence electrons. The highest BCUT2D eigenvalue weighted by Crippen LogP contribution is 2.34. The zero-order valence-corrected chi connectivity index (χ0v) is 19.4. The third-order valence-electron chi connectivity index (χ3n) is 5.24. The zero-order chi connectivity index (χ0) is 23.1. The molecule has 2 aromatic rings. The van der Waals surface area contributed by atoms with Crippen LogP contribution in [-0.2, 0) is 14.3 Å². The summed E-state index contributed by atoms with van der Waals surface area (Å²) in [6.07, 6.45) is 7.01. The van der Waals surface area contributed by atoms with Crippen LogP contribution in [0.3, 0.4) is 0 Å². The van der Waals surface area contributed by atoms with Gasteiger partial charge in [-0.05, 0) is 42.5 Å². The lowest BCUT2D eigenvalue weighted by atomic mass is 9.90. The Morgan fingerprint density at radius 1 is 1.31 bits per heavy atom. The number of rotatable bonds is 7. The number of halogens is 1. The fourth-order valence-corrected chi connectivity index (χ4v) is 4.23. The Morgan fingerprint density at radius 2 is 2.06 bits per heavy atom. The van der Waals surface area contributed by atoms with Gasteiger partial charge in [0.05, 0.1) is 18.6 Å². The van der Waals surface area contributed by atoms with Crippen LogP contribution in [0.5, 0.6) is 0 Å². The quantitative estimate of drug-likeness (QED) is 0.264. The number of amides is 1. The number of carbonyl (C=O) groups is 2. The second-order valence-electron chi connectivity index (χ2n) is 8.05. The monoisotopic (exact) mass is 457 g/mol. The second kappa shape index (κ2) is 11.2. The summed E-state index contributed by atoms with van der Waals surface area (Å²) >= 11 is 1.21. The first-order valence-corrected chi connectivity index (χ1v) is 11.7. The standard InChI is InChI=1S/C24H28FN3O3S/c1-16(2)6-11-21(29)28-12-4-5-18(14-28)23-20(17-7-9-19(25)10-8-17)13-26-24(27-23)32-15-22(30)31-3/h6-11,13,16,18H,4-5,12,14-15H2,1-3H3/b11-6+. The normalized spacial score (nSPS) is 16.5. The number of likely N-dealkylation sites (tertiary alicyclic amines) is 1. The van der Waals surface area contributed by atoms with Crippen molar-refractivity contribution in [2.45, 2.75) is 37.8 Å². The van der Waals surface area contributed by atoms with Gasteiger partial charge < -0.3 is 9.64 Å². The number of aromatic nitrogens is 2. The van der Waals surface area contributed by atoms with Gasteiger partial charge in [0.2, 0.25) is 5.91 Å². The van der Waals surface area contributed by atoms with Crippen LogP contribution in [0.4, 0.5) is 4.39 Å². The van der Waals surface area contributed by atoms with Crippen LogP contribution in [-0.4, -0.2) is 52.7 Å². The van der Waals surface area contributed by atoms with E-state index in [0.717, 1.165) is 29.7 Å². The van der Waals surface area contributed by atoms with Gasteiger partial charge in [0.25, 0.3) is 0 Å².